The second-order valence-corrected chi connectivity index (χ2v) is 7.66. The van der Waals surface area contributed by atoms with Crippen LogP contribution in [0.2, 0.25) is 0 Å². The van der Waals surface area contributed by atoms with Crippen molar-refractivity contribution in [3.8, 4) is 0 Å². The Kier molecular flexibility index (Phi) is 6.64. The molecule has 0 spiro atoms. The molecule has 2 amide bonds. The van der Waals surface area contributed by atoms with E-state index in [1.54, 1.807) is 12.1 Å². The minimum Gasteiger partial charge on any atom is -0.355 e. The van der Waals surface area contributed by atoms with Crippen LogP contribution in [0.25, 0.3) is 0 Å². The second-order valence-electron chi connectivity index (χ2n) is 7.66. The summed E-state index contributed by atoms with van der Waals surface area (Å²) < 4.78 is 13.2. The fourth-order valence-electron chi connectivity index (χ4n) is 4.31. The lowest BCUT2D eigenvalue weighted by Crippen LogP contribution is -2.36. The van der Waals surface area contributed by atoms with Crippen LogP contribution in [0.3, 0.4) is 0 Å². The smallest absolute Gasteiger partial charge is 0.223 e. The van der Waals surface area contributed by atoms with E-state index >= 15 is 0 Å². The number of carbonyl (C=O) groups is 2. The Bertz CT molecular complexity index is 605. The Hall–Kier alpha value is -1.91. The van der Waals surface area contributed by atoms with Crippen LogP contribution in [0.5, 0.6) is 0 Å². The summed E-state index contributed by atoms with van der Waals surface area (Å²) in [4.78, 5) is 24.4. The Morgan fingerprint density at radius 2 is 1.62 bits per heavy atom. The molecule has 0 radical (unpaired) electrons. The number of benzene rings is 1. The van der Waals surface area contributed by atoms with Gasteiger partial charge in [0.2, 0.25) is 11.8 Å². The molecule has 0 heterocycles. The summed E-state index contributed by atoms with van der Waals surface area (Å²) in [5.74, 6) is 0.292. The van der Waals surface area contributed by atoms with Crippen molar-refractivity contribution < 1.29 is 14.0 Å². The summed E-state index contributed by atoms with van der Waals surface area (Å²) in [5.41, 5.74) is 0.960. The van der Waals surface area contributed by atoms with Gasteiger partial charge in [-0.3, -0.25) is 9.59 Å². The molecule has 0 aromatic heterocycles. The maximum atomic E-state index is 13.2. The van der Waals surface area contributed by atoms with Crippen LogP contribution >= 0.6 is 0 Å². The molecule has 0 bridgehead atoms. The minimum atomic E-state index is -0.264. The van der Waals surface area contributed by atoms with E-state index in [1.165, 1.54) is 25.0 Å². The highest BCUT2D eigenvalue weighted by molar-refractivity contribution is 5.80. The van der Waals surface area contributed by atoms with Gasteiger partial charge in [0.25, 0.3) is 0 Å². The number of halogens is 1. The molecule has 3 rings (SSSR count). The van der Waals surface area contributed by atoms with Crippen LogP contribution < -0.4 is 10.6 Å². The number of rotatable bonds is 7. The summed E-state index contributed by atoms with van der Waals surface area (Å²) in [6.07, 6.45) is 8.98. The largest absolute Gasteiger partial charge is 0.355 e. The lowest BCUT2D eigenvalue weighted by Gasteiger charge is -2.25. The SMILES string of the molecule is O=C(CCNC(=O)C1CCCC1)N[C@@H](c1ccc(F)cc1)C1CCCC1. The zero-order valence-electron chi connectivity index (χ0n) is 15.3. The molecule has 2 aliphatic carbocycles. The highest BCUT2D eigenvalue weighted by Crippen LogP contribution is 2.35. The van der Waals surface area contributed by atoms with E-state index in [-0.39, 0.29) is 36.0 Å². The summed E-state index contributed by atoms with van der Waals surface area (Å²) in [7, 11) is 0. The van der Waals surface area contributed by atoms with Gasteiger partial charge < -0.3 is 10.6 Å². The first kappa shape index (κ1) is 18.9. The summed E-state index contributed by atoms with van der Waals surface area (Å²) >= 11 is 0. The average Bonchev–Trinajstić information content (AvgIpc) is 3.34. The predicted octanol–water partition coefficient (Wildman–Crippen LogP) is 3.87. The molecule has 0 aliphatic heterocycles. The zero-order chi connectivity index (χ0) is 18.4. The van der Waals surface area contributed by atoms with Crippen molar-refractivity contribution in [2.45, 2.75) is 63.8 Å². The summed E-state index contributed by atoms with van der Waals surface area (Å²) in [6.45, 7) is 0.377. The second kappa shape index (κ2) is 9.15. The van der Waals surface area contributed by atoms with Crippen molar-refractivity contribution in [1.29, 1.82) is 0 Å². The molecule has 2 N–H and O–H groups in total. The van der Waals surface area contributed by atoms with E-state index in [0.29, 0.717) is 12.5 Å². The van der Waals surface area contributed by atoms with Gasteiger partial charge in [-0.05, 0) is 49.3 Å². The fraction of sp³-hybridized carbons (Fsp3) is 0.619. The van der Waals surface area contributed by atoms with Crippen LogP contribution in [0.15, 0.2) is 24.3 Å². The topological polar surface area (TPSA) is 58.2 Å². The number of hydrogen-bond donors (Lipinski definition) is 2. The molecule has 2 aliphatic rings. The highest BCUT2D eigenvalue weighted by Gasteiger charge is 2.28. The molecule has 142 valence electrons. The third kappa shape index (κ3) is 5.05. The van der Waals surface area contributed by atoms with Crippen molar-refractivity contribution in [2.24, 2.45) is 11.8 Å². The third-order valence-corrected chi connectivity index (χ3v) is 5.79. The lowest BCUT2D eigenvalue weighted by atomic mass is 9.91. The number of carbonyl (C=O) groups excluding carboxylic acids is 2. The van der Waals surface area contributed by atoms with Gasteiger partial charge in [0.05, 0.1) is 6.04 Å². The van der Waals surface area contributed by atoms with Gasteiger partial charge >= 0.3 is 0 Å². The first-order valence-electron chi connectivity index (χ1n) is 9.96. The molecule has 1 atom stereocenters. The number of amides is 2. The Morgan fingerprint density at radius 3 is 2.27 bits per heavy atom. The van der Waals surface area contributed by atoms with E-state index in [1.807, 2.05) is 0 Å². The lowest BCUT2D eigenvalue weighted by molar-refractivity contribution is -0.125. The van der Waals surface area contributed by atoms with Gasteiger partial charge in [0.1, 0.15) is 5.82 Å². The minimum absolute atomic E-state index is 0.0575. The van der Waals surface area contributed by atoms with Gasteiger partial charge in [-0.15, -0.1) is 0 Å². The molecule has 0 unspecified atom stereocenters. The van der Waals surface area contributed by atoms with Gasteiger partial charge in [-0.1, -0.05) is 37.8 Å². The van der Waals surface area contributed by atoms with E-state index in [9.17, 15) is 14.0 Å². The first-order chi connectivity index (χ1) is 12.6. The van der Waals surface area contributed by atoms with Crippen LogP contribution in [0.1, 0.15) is 69.4 Å². The maximum Gasteiger partial charge on any atom is 0.223 e. The molecule has 26 heavy (non-hydrogen) atoms. The van der Waals surface area contributed by atoms with Gasteiger partial charge in [-0.2, -0.15) is 0 Å². The third-order valence-electron chi connectivity index (χ3n) is 5.79. The molecule has 1 aromatic carbocycles. The van der Waals surface area contributed by atoms with Crippen molar-refractivity contribution in [3.63, 3.8) is 0 Å². The molecule has 2 saturated carbocycles. The summed E-state index contributed by atoms with van der Waals surface area (Å²) in [6, 6.07) is 6.36. The zero-order valence-corrected chi connectivity index (χ0v) is 15.3. The molecular weight excluding hydrogens is 331 g/mol. The maximum absolute atomic E-state index is 13.2. The molecule has 0 saturated heterocycles. The van der Waals surface area contributed by atoms with Gasteiger partial charge in [-0.25, -0.2) is 4.39 Å². The number of nitrogens with one attached hydrogen (secondary N) is 2. The Morgan fingerprint density at radius 1 is 1.00 bits per heavy atom. The molecule has 1 aromatic rings. The molecule has 5 heteroatoms. The van der Waals surface area contributed by atoms with Crippen molar-refractivity contribution in [2.75, 3.05) is 6.54 Å². The van der Waals surface area contributed by atoms with Crippen LogP contribution in [-0.4, -0.2) is 18.4 Å². The highest BCUT2D eigenvalue weighted by atomic mass is 19.1. The van der Waals surface area contributed by atoms with Crippen molar-refractivity contribution in [1.82, 2.24) is 10.6 Å². The Balaban J connectivity index is 1.51. The molecular formula is C21H29FN2O2. The van der Waals surface area contributed by atoms with E-state index < -0.39 is 0 Å². The summed E-state index contributed by atoms with van der Waals surface area (Å²) in [5, 5.41) is 6.02. The monoisotopic (exact) mass is 360 g/mol. The predicted molar refractivity (Wildman–Crippen MR) is 98.8 cm³/mol. The van der Waals surface area contributed by atoms with Gasteiger partial charge in [0, 0.05) is 18.9 Å². The first-order valence-corrected chi connectivity index (χ1v) is 9.96. The normalized spacial score (nSPS) is 19.4. The van der Waals surface area contributed by atoms with Crippen LogP contribution in [-0.2, 0) is 9.59 Å². The molecule has 2 fully saturated rings. The Labute approximate surface area is 154 Å². The van der Waals surface area contributed by atoms with E-state index in [0.717, 1.165) is 44.1 Å². The standard InChI is InChI=1S/C21H29FN2O2/c22-18-11-9-16(10-12-18)20(15-5-1-2-6-15)24-19(25)13-14-23-21(26)17-7-3-4-8-17/h9-12,15,17,20H,1-8,13-14H2,(H,23,26)(H,24,25)/t20-/m1/s1. The molecule has 4 nitrogen and oxygen atoms in total. The van der Waals surface area contributed by atoms with Gasteiger partial charge in [0.15, 0.2) is 0 Å². The van der Waals surface area contributed by atoms with Crippen LogP contribution in [0.4, 0.5) is 4.39 Å². The fourth-order valence-corrected chi connectivity index (χ4v) is 4.31. The van der Waals surface area contributed by atoms with Crippen molar-refractivity contribution in [3.05, 3.63) is 35.6 Å². The number of hydrogen-bond acceptors (Lipinski definition) is 2. The average molecular weight is 360 g/mol. The van der Waals surface area contributed by atoms with E-state index in [4.69, 9.17) is 0 Å². The van der Waals surface area contributed by atoms with E-state index in [2.05, 4.69) is 10.6 Å². The van der Waals surface area contributed by atoms with Crippen molar-refractivity contribution >= 4 is 11.8 Å². The van der Waals surface area contributed by atoms with Crippen LogP contribution in [0, 0.1) is 17.7 Å². The quantitative estimate of drug-likeness (QED) is 0.775.